The van der Waals surface area contributed by atoms with Crippen LogP contribution in [0, 0.1) is 0 Å². The molecule has 100 valence electrons. The van der Waals surface area contributed by atoms with Gasteiger partial charge < -0.3 is 25.6 Å². The highest BCUT2D eigenvalue weighted by molar-refractivity contribution is 5.76. The molecule has 0 aliphatic heterocycles. The maximum atomic E-state index is 11.4. The van der Waals surface area contributed by atoms with E-state index in [0.29, 0.717) is 6.61 Å². The Morgan fingerprint density at radius 2 is 2.18 bits per heavy atom. The molecule has 0 heterocycles. The summed E-state index contributed by atoms with van der Waals surface area (Å²) in [6.07, 6.45) is -0.0801. The van der Waals surface area contributed by atoms with Gasteiger partial charge in [0, 0.05) is 19.7 Å². The van der Waals surface area contributed by atoms with E-state index in [0.717, 1.165) is 0 Å². The van der Waals surface area contributed by atoms with Crippen LogP contribution in [0.2, 0.25) is 0 Å². The lowest BCUT2D eigenvalue weighted by atomic mass is 10.2. The van der Waals surface area contributed by atoms with E-state index in [9.17, 15) is 9.59 Å². The van der Waals surface area contributed by atoms with Crippen LogP contribution < -0.4 is 11.1 Å². The molecule has 4 N–H and O–H groups in total. The molecule has 0 saturated carbocycles. The normalized spacial score (nSPS) is 12.1. The van der Waals surface area contributed by atoms with E-state index in [-0.39, 0.29) is 44.7 Å². The number of carbonyl (C=O) groups is 2. The van der Waals surface area contributed by atoms with Gasteiger partial charge in [0.2, 0.25) is 5.91 Å². The number of aliphatic carboxylic acids is 1. The number of nitrogens with one attached hydrogen (secondary N) is 1. The Balaban J connectivity index is 3.54. The molecule has 7 nitrogen and oxygen atoms in total. The molecule has 1 amide bonds. The summed E-state index contributed by atoms with van der Waals surface area (Å²) in [5, 5.41) is 10.9. The van der Waals surface area contributed by atoms with Crippen molar-refractivity contribution in [2.45, 2.75) is 19.4 Å². The average molecular weight is 248 g/mol. The van der Waals surface area contributed by atoms with Crippen molar-refractivity contribution in [3.8, 4) is 0 Å². The number of nitrogens with two attached hydrogens (primary N) is 1. The third-order valence-electron chi connectivity index (χ3n) is 1.87. The molecule has 1 atom stereocenters. The third-order valence-corrected chi connectivity index (χ3v) is 1.87. The van der Waals surface area contributed by atoms with Crippen LogP contribution in [0.4, 0.5) is 0 Å². The monoisotopic (exact) mass is 248 g/mol. The zero-order valence-corrected chi connectivity index (χ0v) is 9.98. The highest BCUT2D eigenvalue weighted by Gasteiger charge is 2.11. The number of ether oxygens (including phenoxy) is 2. The van der Waals surface area contributed by atoms with Gasteiger partial charge >= 0.3 is 5.97 Å². The molecule has 17 heavy (non-hydrogen) atoms. The molecule has 0 aliphatic carbocycles. The molecule has 0 spiro atoms. The fourth-order valence-corrected chi connectivity index (χ4v) is 1.15. The Bertz CT molecular complexity index is 235. The van der Waals surface area contributed by atoms with Crippen LogP contribution in [0.1, 0.15) is 13.3 Å². The number of hydrogen-bond donors (Lipinski definition) is 3. The molecular weight excluding hydrogens is 228 g/mol. The average Bonchev–Trinajstić information content (AvgIpc) is 2.27. The van der Waals surface area contributed by atoms with E-state index >= 15 is 0 Å². The zero-order chi connectivity index (χ0) is 13.1. The maximum absolute atomic E-state index is 11.4. The van der Waals surface area contributed by atoms with E-state index < -0.39 is 5.97 Å². The lowest BCUT2D eigenvalue weighted by Gasteiger charge is -2.14. The van der Waals surface area contributed by atoms with Gasteiger partial charge in [-0.3, -0.25) is 4.79 Å². The van der Waals surface area contributed by atoms with Crippen molar-refractivity contribution in [1.29, 1.82) is 0 Å². The summed E-state index contributed by atoms with van der Waals surface area (Å²) < 4.78 is 9.98. The Kier molecular flexibility index (Phi) is 9.31. The second-order valence-electron chi connectivity index (χ2n) is 3.31. The van der Waals surface area contributed by atoms with Crippen molar-refractivity contribution in [1.82, 2.24) is 5.32 Å². The van der Waals surface area contributed by atoms with Crippen LogP contribution in [0.5, 0.6) is 0 Å². The summed E-state index contributed by atoms with van der Waals surface area (Å²) in [7, 11) is 0. The van der Waals surface area contributed by atoms with E-state index in [1.807, 2.05) is 6.92 Å². The van der Waals surface area contributed by atoms with Crippen LogP contribution in [0.15, 0.2) is 0 Å². The van der Waals surface area contributed by atoms with Gasteiger partial charge in [0.05, 0.1) is 19.1 Å². The summed E-state index contributed by atoms with van der Waals surface area (Å²) in [6.45, 7) is 2.71. The van der Waals surface area contributed by atoms with Gasteiger partial charge in [-0.05, 0) is 6.92 Å². The van der Waals surface area contributed by atoms with Gasteiger partial charge in [0.1, 0.15) is 6.61 Å². The number of carboxylic acids is 1. The topological polar surface area (TPSA) is 111 Å². The van der Waals surface area contributed by atoms with Gasteiger partial charge in [0.15, 0.2) is 0 Å². The van der Waals surface area contributed by atoms with Crippen molar-refractivity contribution in [3.63, 3.8) is 0 Å². The van der Waals surface area contributed by atoms with Gasteiger partial charge in [-0.2, -0.15) is 0 Å². The molecule has 1 unspecified atom stereocenters. The van der Waals surface area contributed by atoms with E-state index in [2.05, 4.69) is 5.32 Å². The van der Waals surface area contributed by atoms with Crippen molar-refractivity contribution < 1.29 is 24.2 Å². The lowest BCUT2D eigenvalue weighted by Crippen LogP contribution is -2.34. The first-order valence-electron chi connectivity index (χ1n) is 5.48. The van der Waals surface area contributed by atoms with Gasteiger partial charge in [-0.15, -0.1) is 0 Å². The molecule has 0 fully saturated rings. The second-order valence-corrected chi connectivity index (χ2v) is 3.31. The molecule has 0 aromatic heterocycles. The SMILES string of the molecule is CCOC(CN)CC(=O)NCCOCC(=O)O. The number of carbonyl (C=O) groups excluding carboxylic acids is 1. The molecule has 7 heteroatoms. The van der Waals surface area contributed by atoms with Gasteiger partial charge in [-0.25, -0.2) is 4.79 Å². The molecule has 0 aromatic carbocycles. The van der Waals surface area contributed by atoms with Crippen LogP contribution in [0.3, 0.4) is 0 Å². The van der Waals surface area contributed by atoms with E-state index in [1.165, 1.54) is 0 Å². The first-order valence-corrected chi connectivity index (χ1v) is 5.48. The van der Waals surface area contributed by atoms with Crippen LogP contribution in [-0.4, -0.2) is 56.0 Å². The summed E-state index contributed by atoms with van der Waals surface area (Å²) in [5.41, 5.74) is 5.42. The standard InChI is InChI=1S/C10H20N2O5/c1-2-17-8(6-11)5-9(13)12-3-4-16-7-10(14)15/h8H,2-7,11H2,1H3,(H,12,13)(H,14,15). The minimum atomic E-state index is -1.03. The molecular formula is C10H20N2O5. The molecule has 0 radical (unpaired) electrons. The first kappa shape index (κ1) is 15.8. The Morgan fingerprint density at radius 3 is 2.71 bits per heavy atom. The Hall–Kier alpha value is -1.18. The summed E-state index contributed by atoms with van der Waals surface area (Å²) in [4.78, 5) is 21.5. The highest BCUT2D eigenvalue weighted by atomic mass is 16.5. The quantitative estimate of drug-likeness (QED) is 0.426. The second kappa shape index (κ2) is 10.0. The third kappa shape index (κ3) is 9.73. The summed E-state index contributed by atoms with van der Waals surface area (Å²) >= 11 is 0. The smallest absolute Gasteiger partial charge is 0.329 e. The number of rotatable bonds is 10. The van der Waals surface area contributed by atoms with Crippen molar-refractivity contribution >= 4 is 11.9 Å². The largest absolute Gasteiger partial charge is 0.480 e. The molecule has 0 aliphatic rings. The fraction of sp³-hybridized carbons (Fsp3) is 0.800. The minimum Gasteiger partial charge on any atom is -0.480 e. The van der Waals surface area contributed by atoms with Crippen molar-refractivity contribution in [2.24, 2.45) is 5.73 Å². The predicted octanol–water partition coefficient (Wildman–Crippen LogP) is -1.04. The van der Waals surface area contributed by atoms with Gasteiger partial charge in [-0.1, -0.05) is 0 Å². The molecule has 0 aromatic rings. The lowest BCUT2D eigenvalue weighted by molar-refractivity contribution is -0.142. The molecule has 0 saturated heterocycles. The van der Waals surface area contributed by atoms with E-state index in [4.69, 9.17) is 20.3 Å². The number of hydrogen-bond acceptors (Lipinski definition) is 5. The van der Waals surface area contributed by atoms with Gasteiger partial charge in [0.25, 0.3) is 0 Å². The molecule has 0 rings (SSSR count). The van der Waals surface area contributed by atoms with Crippen molar-refractivity contribution in [2.75, 3.05) is 32.9 Å². The minimum absolute atomic E-state index is 0.167. The number of carboxylic acid groups (broad SMARTS) is 1. The van der Waals surface area contributed by atoms with Crippen molar-refractivity contribution in [3.05, 3.63) is 0 Å². The van der Waals surface area contributed by atoms with Crippen LogP contribution in [0.25, 0.3) is 0 Å². The Labute approximate surface area is 100 Å². The van der Waals surface area contributed by atoms with Crippen LogP contribution >= 0.6 is 0 Å². The summed E-state index contributed by atoms with van der Waals surface area (Å²) in [6, 6.07) is 0. The predicted molar refractivity (Wildman–Crippen MR) is 60.5 cm³/mol. The Morgan fingerprint density at radius 1 is 1.47 bits per heavy atom. The van der Waals surface area contributed by atoms with Crippen LogP contribution in [-0.2, 0) is 19.1 Å². The maximum Gasteiger partial charge on any atom is 0.329 e. The first-order chi connectivity index (χ1) is 8.10. The number of amides is 1. The van der Waals surface area contributed by atoms with E-state index in [1.54, 1.807) is 0 Å². The molecule has 0 bridgehead atoms. The zero-order valence-electron chi connectivity index (χ0n) is 9.98. The fourth-order valence-electron chi connectivity index (χ4n) is 1.15. The highest BCUT2D eigenvalue weighted by Crippen LogP contribution is 1.96. The summed E-state index contributed by atoms with van der Waals surface area (Å²) in [5.74, 6) is -1.22.